The van der Waals surface area contributed by atoms with Crippen molar-refractivity contribution in [2.75, 3.05) is 40.4 Å². The zero-order valence-electron chi connectivity index (χ0n) is 16.7. The number of nitrogens with zero attached hydrogens (tertiary/aromatic N) is 4. The van der Waals surface area contributed by atoms with E-state index in [9.17, 15) is 0 Å². The molecule has 148 valence electrons. The fourth-order valence-corrected chi connectivity index (χ4v) is 3.58. The third-order valence-corrected chi connectivity index (χ3v) is 5.16. The number of guanidine groups is 1. The van der Waals surface area contributed by atoms with Crippen LogP contribution in [0.1, 0.15) is 30.7 Å². The number of nitrogens with one attached hydrogen (secondary N) is 2. The Bertz CT molecular complexity index is 748. The lowest BCUT2D eigenvalue weighted by Gasteiger charge is -2.33. The van der Waals surface area contributed by atoms with Gasteiger partial charge in [0.1, 0.15) is 5.65 Å². The maximum Gasteiger partial charge on any atom is 0.191 e. The zero-order chi connectivity index (χ0) is 19.1. The van der Waals surface area contributed by atoms with Crippen molar-refractivity contribution in [2.45, 2.75) is 38.8 Å². The van der Waals surface area contributed by atoms with Crippen LogP contribution in [0.3, 0.4) is 0 Å². The van der Waals surface area contributed by atoms with Crippen molar-refractivity contribution < 1.29 is 4.74 Å². The first-order valence-corrected chi connectivity index (χ1v) is 9.81. The number of imidazole rings is 1. The van der Waals surface area contributed by atoms with Gasteiger partial charge in [0, 0.05) is 58.3 Å². The monoisotopic (exact) mass is 372 g/mol. The van der Waals surface area contributed by atoms with E-state index in [0.717, 1.165) is 62.8 Å². The topological polar surface area (TPSA) is 66.2 Å². The zero-order valence-corrected chi connectivity index (χ0v) is 16.7. The number of methoxy groups -OCH3 is 1. The lowest BCUT2D eigenvalue weighted by Crippen LogP contribution is -2.48. The molecule has 0 aromatic carbocycles. The molecule has 0 bridgehead atoms. The molecule has 1 fully saturated rings. The van der Waals surface area contributed by atoms with Gasteiger partial charge in [-0.3, -0.25) is 4.99 Å². The molecule has 0 spiro atoms. The van der Waals surface area contributed by atoms with Crippen molar-refractivity contribution in [1.82, 2.24) is 24.9 Å². The average molecular weight is 373 g/mol. The fourth-order valence-electron chi connectivity index (χ4n) is 3.58. The second-order valence-electron chi connectivity index (χ2n) is 7.16. The van der Waals surface area contributed by atoms with Crippen LogP contribution in [0, 0.1) is 6.92 Å². The predicted molar refractivity (Wildman–Crippen MR) is 109 cm³/mol. The Morgan fingerprint density at radius 1 is 1.33 bits per heavy atom. The Balaban J connectivity index is 1.45. The van der Waals surface area contributed by atoms with Crippen LogP contribution in [-0.4, -0.2) is 66.7 Å². The molecular formula is C20H32N6O. The van der Waals surface area contributed by atoms with E-state index in [1.54, 1.807) is 7.11 Å². The van der Waals surface area contributed by atoms with E-state index in [1.807, 2.05) is 19.2 Å². The average Bonchev–Trinajstić information content (AvgIpc) is 3.11. The molecule has 1 aliphatic rings. The lowest BCUT2D eigenvalue weighted by molar-refractivity contribution is 0.155. The second-order valence-corrected chi connectivity index (χ2v) is 7.16. The van der Waals surface area contributed by atoms with E-state index >= 15 is 0 Å². The molecule has 0 saturated carbocycles. The highest BCUT2D eigenvalue weighted by Crippen LogP contribution is 2.11. The largest absolute Gasteiger partial charge is 0.385 e. The van der Waals surface area contributed by atoms with Crippen molar-refractivity contribution in [2.24, 2.45) is 4.99 Å². The van der Waals surface area contributed by atoms with Gasteiger partial charge in [0.05, 0.1) is 12.2 Å². The van der Waals surface area contributed by atoms with E-state index in [1.165, 1.54) is 5.69 Å². The molecule has 2 N–H and O–H groups in total. The van der Waals surface area contributed by atoms with E-state index in [2.05, 4.69) is 49.1 Å². The van der Waals surface area contributed by atoms with Gasteiger partial charge in [-0.15, -0.1) is 0 Å². The van der Waals surface area contributed by atoms with E-state index in [-0.39, 0.29) is 0 Å². The van der Waals surface area contributed by atoms with Gasteiger partial charge in [-0.1, -0.05) is 6.07 Å². The van der Waals surface area contributed by atoms with Crippen LogP contribution in [0.2, 0.25) is 0 Å². The molecule has 2 aromatic heterocycles. The molecule has 0 amide bonds. The highest BCUT2D eigenvalue weighted by atomic mass is 16.5. The number of aromatic nitrogens is 2. The molecule has 7 nitrogen and oxygen atoms in total. The summed E-state index contributed by atoms with van der Waals surface area (Å²) in [6.45, 7) is 6.98. The standard InChI is InChI=1S/C20H32N6O/c1-16-6-4-7-19-23-18(15-26(16)19)14-22-20(21-2)24-17-8-11-25(12-9-17)10-5-13-27-3/h4,6-7,15,17H,5,8-14H2,1-3H3,(H2,21,22,24). The Morgan fingerprint density at radius 3 is 2.85 bits per heavy atom. The highest BCUT2D eigenvalue weighted by Gasteiger charge is 2.19. The third-order valence-electron chi connectivity index (χ3n) is 5.16. The molecule has 0 unspecified atom stereocenters. The summed E-state index contributed by atoms with van der Waals surface area (Å²) in [7, 11) is 3.59. The molecule has 2 aromatic rings. The summed E-state index contributed by atoms with van der Waals surface area (Å²) < 4.78 is 7.26. The SMILES string of the molecule is CN=C(NCc1cn2c(C)cccc2n1)NC1CCN(CCCOC)CC1. The summed E-state index contributed by atoms with van der Waals surface area (Å²) in [6, 6.07) is 6.63. The normalized spacial score (nSPS) is 16.8. The smallest absolute Gasteiger partial charge is 0.191 e. The number of rotatable bonds is 7. The van der Waals surface area contributed by atoms with Gasteiger partial charge in [0.2, 0.25) is 0 Å². The van der Waals surface area contributed by atoms with E-state index in [0.29, 0.717) is 12.6 Å². The number of hydrogen-bond donors (Lipinski definition) is 2. The van der Waals surface area contributed by atoms with Gasteiger partial charge in [-0.25, -0.2) is 4.98 Å². The quantitative estimate of drug-likeness (QED) is 0.441. The van der Waals surface area contributed by atoms with Gasteiger partial charge in [0.25, 0.3) is 0 Å². The number of aliphatic imine (C=N–C) groups is 1. The number of ether oxygens (including phenoxy) is 1. The Hall–Kier alpha value is -2.12. The maximum atomic E-state index is 5.14. The third kappa shape index (κ3) is 5.43. The summed E-state index contributed by atoms with van der Waals surface area (Å²) in [4.78, 5) is 11.6. The number of piperidine rings is 1. The summed E-state index contributed by atoms with van der Waals surface area (Å²) in [5, 5.41) is 6.96. The van der Waals surface area contributed by atoms with E-state index < -0.39 is 0 Å². The minimum absolute atomic E-state index is 0.471. The number of aryl methyl sites for hydroxylation is 1. The number of fused-ring (bicyclic) bond motifs is 1. The minimum atomic E-state index is 0.471. The predicted octanol–water partition coefficient (Wildman–Crippen LogP) is 1.81. The van der Waals surface area contributed by atoms with Crippen molar-refractivity contribution in [3.05, 3.63) is 35.8 Å². The fraction of sp³-hybridized carbons (Fsp3) is 0.600. The van der Waals surface area contributed by atoms with E-state index in [4.69, 9.17) is 4.74 Å². The summed E-state index contributed by atoms with van der Waals surface area (Å²) >= 11 is 0. The highest BCUT2D eigenvalue weighted by molar-refractivity contribution is 5.79. The molecule has 7 heteroatoms. The summed E-state index contributed by atoms with van der Waals surface area (Å²) in [6.07, 6.45) is 5.47. The second kappa shape index (κ2) is 9.71. The Morgan fingerprint density at radius 2 is 2.15 bits per heavy atom. The molecule has 0 radical (unpaired) electrons. The molecule has 1 aliphatic heterocycles. The molecule has 1 saturated heterocycles. The summed E-state index contributed by atoms with van der Waals surface area (Å²) in [5.74, 6) is 0.849. The first-order valence-electron chi connectivity index (χ1n) is 9.81. The van der Waals surface area contributed by atoms with Crippen LogP contribution >= 0.6 is 0 Å². The van der Waals surface area contributed by atoms with Gasteiger partial charge >= 0.3 is 0 Å². The molecule has 27 heavy (non-hydrogen) atoms. The van der Waals surface area contributed by atoms with Crippen LogP contribution in [-0.2, 0) is 11.3 Å². The first kappa shape index (κ1) is 19.6. The van der Waals surface area contributed by atoms with Gasteiger partial charge in [-0.2, -0.15) is 0 Å². The molecule has 0 aliphatic carbocycles. The van der Waals surface area contributed by atoms with Crippen molar-refractivity contribution >= 4 is 11.6 Å². The van der Waals surface area contributed by atoms with Crippen molar-refractivity contribution in [1.29, 1.82) is 0 Å². The Labute approximate surface area is 161 Å². The summed E-state index contributed by atoms with van der Waals surface area (Å²) in [5.41, 5.74) is 3.18. The van der Waals surface area contributed by atoms with Crippen molar-refractivity contribution in [3.63, 3.8) is 0 Å². The van der Waals surface area contributed by atoms with Crippen LogP contribution in [0.15, 0.2) is 29.4 Å². The molecule has 0 atom stereocenters. The number of hydrogen-bond acceptors (Lipinski definition) is 4. The van der Waals surface area contributed by atoms with Crippen LogP contribution < -0.4 is 10.6 Å². The maximum absolute atomic E-state index is 5.14. The Kier molecular flexibility index (Phi) is 7.06. The first-order chi connectivity index (χ1) is 13.2. The van der Waals surface area contributed by atoms with Gasteiger partial charge in [0.15, 0.2) is 5.96 Å². The van der Waals surface area contributed by atoms with Crippen LogP contribution in [0.5, 0.6) is 0 Å². The molecule has 3 heterocycles. The van der Waals surface area contributed by atoms with Crippen LogP contribution in [0.4, 0.5) is 0 Å². The van der Waals surface area contributed by atoms with Gasteiger partial charge < -0.3 is 24.7 Å². The minimum Gasteiger partial charge on any atom is -0.385 e. The van der Waals surface area contributed by atoms with Gasteiger partial charge in [-0.05, 0) is 38.3 Å². The lowest BCUT2D eigenvalue weighted by atomic mass is 10.1. The molecular weight excluding hydrogens is 340 g/mol. The molecule has 3 rings (SSSR count). The van der Waals surface area contributed by atoms with Crippen molar-refractivity contribution in [3.8, 4) is 0 Å². The number of likely N-dealkylation sites (tertiary alicyclic amines) is 1. The van der Waals surface area contributed by atoms with Crippen LogP contribution in [0.25, 0.3) is 5.65 Å². The number of pyridine rings is 1.